The fourth-order valence-electron chi connectivity index (χ4n) is 3.72. The first-order valence-corrected chi connectivity index (χ1v) is 9.85. The van der Waals surface area contributed by atoms with Crippen molar-refractivity contribution in [2.45, 2.75) is 32.5 Å². The lowest BCUT2D eigenvalue weighted by Gasteiger charge is -2.40. The summed E-state index contributed by atoms with van der Waals surface area (Å²) >= 11 is 3.58. The molecule has 0 saturated carbocycles. The fourth-order valence-corrected chi connectivity index (χ4v) is 4.10. The van der Waals surface area contributed by atoms with Crippen molar-refractivity contribution in [2.75, 3.05) is 14.2 Å². The van der Waals surface area contributed by atoms with Crippen molar-refractivity contribution >= 4 is 21.6 Å². The second-order valence-corrected chi connectivity index (χ2v) is 8.07. The molecule has 142 valence electrons. The zero-order valence-electron chi connectivity index (χ0n) is 15.9. The number of nitrogens with zero attached hydrogens (tertiary/aromatic N) is 2. The molecule has 0 bridgehead atoms. The molecule has 0 spiro atoms. The van der Waals surface area contributed by atoms with Crippen molar-refractivity contribution in [1.82, 2.24) is 5.01 Å². The van der Waals surface area contributed by atoms with Crippen LogP contribution in [0, 0.1) is 5.92 Å². The highest BCUT2D eigenvalue weighted by atomic mass is 79.9. The zero-order valence-corrected chi connectivity index (χ0v) is 17.5. The minimum Gasteiger partial charge on any atom is -0.493 e. The van der Waals surface area contributed by atoms with Crippen molar-refractivity contribution < 1.29 is 14.2 Å². The van der Waals surface area contributed by atoms with Gasteiger partial charge in [-0.2, -0.15) is 5.10 Å². The molecule has 4 rings (SSSR count). The molecule has 0 fully saturated rings. The lowest BCUT2D eigenvalue weighted by Crippen LogP contribution is -2.43. The number of hydrogen-bond acceptors (Lipinski definition) is 5. The van der Waals surface area contributed by atoms with Crippen LogP contribution >= 0.6 is 15.9 Å². The Kier molecular flexibility index (Phi) is 4.76. The van der Waals surface area contributed by atoms with Gasteiger partial charge < -0.3 is 14.2 Å². The highest BCUT2D eigenvalue weighted by Crippen LogP contribution is 2.45. The Balaban J connectivity index is 1.74. The molecule has 0 amide bonds. The van der Waals surface area contributed by atoms with E-state index in [0.29, 0.717) is 11.7 Å². The number of rotatable bonds is 4. The van der Waals surface area contributed by atoms with E-state index in [1.165, 1.54) is 5.56 Å². The molecule has 2 heterocycles. The van der Waals surface area contributed by atoms with Crippen molar-refractivity contribution in [2.24, 2.45) is 11.0 Å². The predicted octanol–water partition coefficient (Wildman–Crippen LogP) is 4.99. The molecule has 0 saturated heterocycles. The Morgan fingerprint density at radius 1 is 1.11 bits per heavy atom. The molecule has 0 N–H and O–H groups in total. The number of hydrazone groups is 1. The molecule has 6 heteroatoms. The van der Waals surface area contributed by atoms with Crippen LogP contribution in [0.4, 0.5) is 0 Å². The standard InChI is InChI=1S/C21H23BrN2O3/c1-12(2)21-24-17(15-10-14(22)6-8-18(15)27-21)11-16(23-24)13-5-7-19(25-3)20(9-13)26-4/h5-10,12,17,21H,11H2,1-4H3/t17-,21+/m1/s1. The van der Waals surface area contributed by atoms with Crippen LogP contribution in [0.15, 0.2) is 46.0 Å². The summed E-state index contributed by atoms with van der Waals surface area (Å²) in [5, 5.41) is 7.07. The van der Waals surface area contributed by atoms with Crippen molar-refractivity contribution in [3.8, 4) is 17.2 Å². The van der Waals surface area contributed by atoms with Crippen LogP contribution < -0.4 is 14.2 Å². The summed E-state index contributed by atoms with van der Waals surface area (Å²) < 4.78 is 18.1. The Bertz CT molecular complexity index is 897. The summed E-state index contributed by atoms with van der Waals surface area (Å²) in [6.07, 6.45) is 0.743. The van der Waals surface area contributed by atoms with Gasteiger partial charge in [0.05, 0.1) is 26.0 Å². The second kappa shape index (κ2) is 7.08. The summed E-state index contributed by atoms with van der Waals surface area (Å²) in [6.45, 7) is 4.32. The van der Waals surface area contributed by atoms with Crippen LogP contribution in [0.5, 0.6) is 17.2 Å². The first-order chi connectivity index (χ1) is 13.0. The minimum atomic E-state index is -0.0821. The molecule has 5 nitrogen and oxygen atoms in total. The van der Waals surface area contributed by atoms with E-state index in [9.17, 15) is 0 Å². The van der Waals surface area contributed by atoms with Gasteiger partial charge in [-0.3, -0.25) is 0 Å². The quantitative estimate of drug-likeness (QED) is 0.684. The fraction of sp³-hybridized carbons (Fsp3) is 0.381. The number of benzene rings is 2. The highest BCUT2D eigenvalue weighted by molar-refractivity contribution is 9.10. The monoisotopic (exact) mass is 430 g/mol. The smallest absolute Gasteiger partial charge is 0.190 e. The van der Waals surface area contributed by atoms with Crippen molar-refractivity contribution in [3.63, 3.8) is 0 Å². The van der Waals surface area contributed by atoms with E-state index in [1.54, 1.807) is 14.2 Å². The van der Waals surface area contributed by atoms with E-state index in [2.05, 4.69) is 40.9 Å². The summed E-state index contributed by atoms with van der Waals surface area (Å²) in [6, 6.07) is 12.3. The van der Waals surface area contributed by atoms with Crippen LogP contribution in [-0.2, 0) is 0 Å². The number of ether oxygens (including phenoxy) is 3. The third-order valence-corrected chi connectivity index (χ3v) is 5.56. The normalized spacial score (nSPS) is 20.7. The topological polar surface area (TPSA) is 43.3 Å². The molecule has 0 aliphatic carbocycles. The number of hydrogen-bond donors (Lipinski definition) is 0. The third kappa shape index (κ3) is 3.16. The average molecular weight is 431 g/mol. The maximum atomic E-state index is 6.28. The van der Waals surface area contributed by atoms with Gasteiger partial charge >= 0.3 is 0 Å². The van der Waals surface area contributed by atoms with E-state index in [1.807, 2.05) is 30.3 Å². The lowest BCUT2D eigenvalue weighted by atomic mass is 9.95. The molecule has 0 aromatic heterocycles. The van der Waals surface area contributed by atoms with Crippen molar-refractivity contribution in [3.05, 3.63) is 52.0 Å². The molecular formula is C21H23BrN2O3. The van der Waals surface area contributed by atoms with Gasteiger partial charge in [0, 0.05) is 27.9 Å². The van der Waals surface area contributed by atoms with Crippen LogP contribution in [0.1, 0.15) is 37.4 Å². The van der Waals surface area contributed by atoms with Gasteiger partial charge in [0.15, 0.2) is 17.7 Å². The minimum absolute atomic E-state index is 0.0821. The predicted molar refractivity (Wildman–Crippen MR) is 109 cm³/mol. The van der Waals surface area contributed by atoms with Crippen LogP contribution in [0.25, 0.3) is 0 Å². The van der Waals surface area contributed by atoms with Gasteiger partial charge in [0.25, 0.3) is 0 Å². The molecule has 2 aliphatic rings. The van der Waals surface area contributed by atoms with E-state index >= 15 is 0 Å². The Morgan fingerprint density at radius 2 is 1.89 bits per heavy atom. The molecule has 27 heavy (non-hydrogen) atoms. The Morgan fingerprint density at radius 3 is 2.59 bits per heavy atom. The average Bonchev–Trinajstić information content (AvgIpc) is 3.12. The van der Waals surface area contributed by atoms with Gasteiger partial charge in [-0.05, 0) is 36.4 Å². The number of fused-ring (bicyclic) bond motifs is 3. The van der Waals surface area contributed by atoms with E-state index in [0.717, 1.165) is 33.7 Å². The first kappa shape index (κ1) is 18.2. The summed E-state index contributed by atoms with van der Waals surface area (Å²) in [5.74, 6) is 2.69. The number of halogens is 1. The summed E-state index contributed by atoms with van der Waals surface area (Å²) in [4.78, 5) is 0. The van der Waals surface area contributed by atoms with E-state index < -0.39 is 0 Å². The van der Waals surface area contributed by atoms with Crippen LogP contribution in [0.3, 0.4) is 0 Å². The maximum absolute atomic E-state index is 6.28. The first-order valence-electron chi connectivity index (χ1n) is 9.06. The molecule has 0 radical (unpaired) electrons. The summed E-state index contributed by atoms with van der Waals surface area (Å²) in [7, 11) is 3.29. The summed E-state index contributed by atoms with van der Waals surface area (Å²) in [5.41, 5.74) is 3.24. The Hall–Kier alpha value is -2.21. The van der Waals surface area contributed by atoms with Crippen molar-refractivity contribution in [1.29, 1.82) is 0 Å². The Labute approximate surface area is 168 Å². The molecule has 2 aromatic rings. The SMILES string of the molecule is COc1ccc(C2=NN3[C@H](C2)c2cc(Br)ccc2O[C@H]3C(C)C)cc1OC. The van der Waals surface area contributed by atoms with Gasteiger partial charge in [0.2, 0.25) is 0 Å². The zero-order chi connectivity index (χ0) is 19.1. The van der Waals surface area contributed by atoms with Gasteiger partial charge in [-0.1, -0.05) is 29.8 Å². The number of methoxy groups -OCH3 is 2. The molecule has 2 aromatic carbocycles. The molecule has 2 aliphatic heterocycles. The maximum Gasteiger partial charge on any atom is 0.190 e. The molecule has 0 unspecified atom stereocenters. The molecule has 2 atom stereocenters. The third-order valence-electron chi connectivity index (χ3n) is 5.07. The highest BCUT2D eigenvalue weighted by Gasteiger charge is 2.41. The van der Waals surface area contributed by atoms with E-state index in [4.69, 9.17) is 19.3 Å². The van der Waals surface area contributed by atoms with E-state index in [-0.39, 0.29) is 12.3 Å². The van der Waals surface area contributed by atoms with Gasteiger partial charge in [-0.15, -0.1) is 0 Å². The largest absolute Gasteiger partial charge is 0.493 e. The second-order valence-electron chi connectivity index (χ2n) is 7.15. The van der Waals surface area contributed by atoms with Crippen LogP contribution in [-0.4, -0.2) is 31.2 Å². The van der Waals surface area contributed by atoms with Gasteiger partial charge in [-0.25, -0.2) is 5.01 Å². The molecular weight excluding hydrogens is 408 g/mol. The lowest BCUT2D eigenvalue weighted by molar-refractivity contribution is -0.0461. The van der Waals surface area contributed by atoms with Crippen LogP contribution in [0.2, 0.25) is 0 Å². The van der Waals surface area contributed by atoms with Gasteiger partial charge in [0.1, 0.15) is 5.75 Å².